The first kappa shape index (κ1) is 32.6. The van der Waals surface area contributed by atoms with E-state index in [4.69, 9.17) is 0 Å². The Balaban J connectivity index is 0.000000157. The number of fused-ring (bicyclic) bond motifs is 2. The Morgan fingerprint density at radius 1 is 0.680 bits per heavy atom. The van der Waals surface area contributed by atoms with Gasteiger partial charge in [0, 0.05) is 28.9 Å². The number of halogens is 3. The van der Waals surface area contributed by atoms with E-state index in [9.17, 15) is 17.4 Å². The first-order chi connectivity index (χ1) is 24.4. The molecule has 14 heteroatoms. The van der Waals surface area contributed by atoms with E-state index in [-0.39, 0.29) is 11.5 Å². The molecule has 0 bridgehead atoms. The van der Waals surface area contributed by atoms with Crippen molar-refractivity contribution in [3.8, 4) is 22.9 Å². The molecule has 9 nitrogen and oxygen atoms in total. The molecule has 4 N–H and O–H groups in total. The third-order valence-corrected chi connectivity index (χ3v) is 9.16. The zero-order valence-electron chi connectivity index (χ0n) is 25.8. The second-order valence-electron chi connectivity index (χ2n) is 10.7. The molecule has 0 amide bonds. The molecule has 1 unspecified atom stereocenters. The van der Waals surface area contributed by atoms with Crippen molar-refractivity contribution in [2.45, 2.75) is 9.79 Å². The average molecular weight is 707 g/mol. The normalized spacial score (nSPS) is 11.6. The second kappa shape index (κ2) is 14.6. The fourth-order valence-electron chi connectivity index (χ4n) is 4.82. The standard InChI is InChI=1S/C19H13F2N3OS.C17H12FN5S/c20-13-6-8-16(15(21)10-13)24-26(25)14-7-9-17-18(11-14)23-19(22-17)12-4-2-1-3-5-12;18-12-3-1-2-4-13(12)23-24-11-5-6-14-15(9-11)22-17(21-14)16-10-19-7-8-20-16/h1-11,24H,(H,22,23);1-10,23H,(H,21,22). The van der Waals surface area contributed by atoms with Crippen molar-refractivity contribution in [2.75, 3.05) is 9.44 Å². The molecule has 0 aliphatic rings. The summed E-state index contributed by atoms with van der Waals surface area (Å²) in [4.78, 5) is 25.1. The van der Waals surface area contributed by atoms with Gasteiger partial charge in [0.1, 0.15) is 40.0 Å². The highest BCUT2D eigenvalue weighted by atomic mass is 32.2. The maximum atomic E-state index is 13.7. The Morgan fingerprint density at radius 2 is 1.42 bits per heavy atom. The third-order valence-electron chi connectivity index (χ3n) is 7.26. The molecule has 8 rings (SSSR count). The van der Waals surface area contributed by atoms with Crippen molar-refractivity contribution in [1.29, 1.82) is 0 Å². The van der Waals surface area contributed by atoms with Gasteiger partial charge in [-0.2, -0.15) is 0 Å². The van der Waals surface area contributed by atoms with Crippen LogP contribution in [0.1, 0.15) is 0 Å². The van der Waals surface area contributed by atoms with Crippen molar-refractivity contribution in [1.82, 2.24) is 29.9 Å². The molecule has 0 radical (unpaired) electrons. The average Bonchev–Trinajstić information content (AvgIpc) is 3.78. The molecule has 1 atom stereocenters. The number of para-hydroxylation sites is 1. The van der Waals surface area contributed by atoms with Gasteiger partial charge in [0.05, 0.1) is 44.5 Å². The number of H-pyrrole nitrogens is 2. The van der Waals surface area contributed by atoms with E-state index in [0.717, 1.165) is 44.7 Å². The molecule has 3 heterocycles. The number of rotatable bonds is 8. The van der Waals surface area contributed by atoms with Gasteiger partial charge in [0.2, 0.25) is 0 Å². The highest BCUT2D eigenvalue weighted by Crippen LogP contribution is 2.27. The predicted molar refractivity (Wildman–Crippen MR) is 191 cm³/mol. The lowest BCUT2D eigenvalue weighted by Crippen LogP contribution is -2.06. The van der Waals surface area contributed by atoms with E-state index in [1.54, 1.807) is 55.0 Å². The lowest BCUT2D eigenvalue weighted by atomic mass is 10.2. The lowest BCUT2D eigenvalue weighted by molar-refractivity contribution is 0.586. The second-order valence-corrected chi connectivity index (χ2v) is 12.8. The quantitative estimate of drug-likeness (QED) is 0.116. The van der Waals surface area contributed by atoms with Crippen LogP contribution in [0.25, 0.3) is 45.0 Å². The summed E-state index contributed by atoms with van der Waals surface area (Å²) in [5.74, 6) is -0.389. The smallest absolute Gasteiger partial charge is 0.158 e. The van der Waals surface area contributed by atoms with Crippen molar-refractivity contribution >= 4 is 56.4 Å². The molecular weight excluding hydrogens is 682 g/mol. The fourth-order valence-corrected chi connectivity index (χ4v) is 6.43. The third kappa shape index (κ3) is 7.51. The Kier molecular flexibility index (Phi) is 9.53. The van der Waals surface area contributed by atoms with Crippen molar-refractivity contribution in [2.24, 2.45) is 0 Å². The van der Waals surface area contributed by atoms with E-state index in [1.807, 2.05) is 48.5 Å². The van der Waals surface area contributed by atoms with Gasteiger partial charge in [-0.15, -0.1) is 0 Å². The Bertz CT molecular complexity index is 2440. The van der Waals surface area contributed by atoms with E-state index in [1.165, 1.54) is 24.1 Å². The van der Waals surface area contributed by atoms with Crippen LogP contribution >= 0.6 is 11.9 Å². The van der Waals surface area contributed by atoms with E-state index < -0.39 is 22.6 Å². The fraction of sp³-hybridized carbons (Fsp3) is 0. The lowest BCUT2D eigenvalue weighted by Gasteiger charge is -2.07. The maximum absolute atomic E-state index is 13.7. The SMILES string of the molecule is Fc1ccccc1NSc1ccc2nc(-c3cnccn3)[nH]c2c1.O=S(Nc1ccc(F)cc1F)c1ccc2nc(-c3ccccc3)[nH]c2c1. The largest absolute Gasteiger partial charge is 0.338 e. The molecule has 0 fully saturated rings. The van der Waals surface area contributed by atoms with Crippen LogP contribution in [0.3, 0.4) is 0 Å². The first-order valence-corrected chi connectivity index (χ1v) is 17.0. The number of hydrogen-bond acceptors (Lipinski definition) is 7. The van der Waals surface area contributed by atoms with Crippen LogP contribution in [0, 0.1) is 17.5 Å². The Labute approximate surface area is 290 Å². The van der Waals surface area contributed by atoms with Gasteiger partial charge in [-0.05, 0) is 72.6 Å². The summed E-state index contributed by atoms with van der Waals surface area (Å²) in [5.41, 5.74) is 5.23. The van der Waals surface area contributed by atoms with Crippen molar-refractivity contribution < 1.29 is 17.4 Å². The van der Waals surface area contributed by atoms with E-state index >= 15 is 0 Å². The predicted octanol–water partition coefficient (Wildman–Crippen LogP) is 8.92. The molecule has 0 aliphatic heterocycles. The summed E-state index contributed by atoms with van der Waals surface area (Å²) < 4.78 is 58.4. The van der Waals surface area contributed by atoms with Crippen LogP contribution in [-0.4, -0.2) is 34.1 Å². The molecule has 3 aromatic heterocycles. The van der Waals surface area contributed by atoms with Gasteiger partial charge in [0.25, 0.3) is 0 Å². The zero-order valence-corrected chi connectivity index (χ0v) is 27.4. The topological polar surface area (TPSA) is 124 Å². The highest BCUT2D eigenvalue weighted by molar-refractivity contribution is 8.00. The number of imidazole rings is 2. The first-order valence-electron chi connectivity index (χ1n) is 15.0. The summed E-state index contributed by atoms with van der Waals surface area (Å²) in [6.07, 6.45) is 4.91. The van der Waals surface area contributed by atoms with Gasteiger partial charge in [0.15, 0.2) is 5.82 Å². The maximum Gasteiger partial charge on any atom is 0.158 e. The van der Waals surface area contributed by atoms with Crippen LogP contribution in [-0.2, 0) is 11.0 Å². The number of benzene rings is 5. The van der Waals surface area contributed by atoms with Crippen molar-refractivity contribution in [3.63, 3.8) is 0 Å². The van der Waals surface area contributed by atoms with Crippen LogP contribution in [0.4, 0.5) is 24.5 Å². The molecule has 50 heavy (non-hydrogen) atoms. The molecule has 5 aromatic carbocycles. The highest BCUT2D eigenvalue weighted by Gasteiger charge is 2.12. The minimum Gasteiger partial charge on any atom is -0.338 e. The Hall–Kier alpha value is -5.99. The molecule has 8 aromatic rings. The molecule has 0 spiro atoms. The summed E-state index contributed by atoms with van der Waals surface area (Å²) in [7, 11) is -1.70. The number of anilines is 2. The molecule has 248 valence electrons. The van der Waals surface area contributed by atoms with Gasteiger partial charge in [-0.25, -0.2) is 32.3 Å². The summed E-state index contributed by atoms with van der Waals surface area (Å²) in [6.45, 7) is 0. The summed E-state index contributed by atoms with van der Waals surface area (Å²) in [5, 5.41) is 0. The van der Waals surface area contributed by atoms with Gasteiger partial charge in [-0.3, -0.25) is 9.71 Å². The summed E-state index contributed by atoms with van der Waals surface area (Å²) in [6, 6.07) is 30.2. The minimum absolute atomic E-state index is 0.0283. The number of nitrogens with zero attached hydrogens (tertiary/aromatic N) is 4. The van der Waals surface area contributed by atoms with Crippen LogP contribution in [0.2, 0.25) is 0 Å². The van der Waals surface area contributed by atoms with Gasteiger partial charge < -0.3 is 14.7 Å². The number of nitrogens with one attached hydrogen (secondary N) is 4. The molecule has 0 aliphatic carbocycles. The molecular formula is C36H25F3N8OS2. The van der Waals surface area contributed by atoms with E-state index in [0.29, 0.717) is 27.9 Å². The number of hydrogen-bond donors (Lipinski definition) is 4. The van der Waals surface area contributed by atoms with Crippen LogP contribution in [0.15, 0.2) is 138 Å². The number of aromatic nitrogens is 6. The van der Waals surface area contributed by atoms with Crippen LogP contribution < -0.4 is 9.44 Å². The molecule has 0 saturated heterocycles. The number of aromatic amines is 2. The van der Waals surface area contributed by atoms with Crippen molar-refractivity contribution in [3.05, 3.63) is 145 Å². The van der Waals surface area contributed by atoms with Gasteiger partial charge >= 0.3 is 0 Å². The zero-order chi connectivity index (χ0) is 34.5. The molecule has 0 saturated carbocycles. The monoisotopic (exact) mass is 706 g/mol. The van der Waals surface area contributed by atoms with E-state index in [2.05, 4.69) is 39.3 Å². The van der Waals surface area contributed by atoms with Gasteiger partial charge in [-0.1, -0.05) is 42.5 Å². The Morgan fingerprint density at radius 3 is 2.20 bits per heavy atom. The van der Waals surface area contributed by atoms with Crippen LogP contribution in [0.5, 0.6) is 0 Å². The summed E-state index contributed by atoms with van der Waals surface area (Å²) >= 11 is 1.34. The minimum atomic E-state index is -1.70.